The van der Waals surface area contributed by atoms with Gasteiger partial charge in [0.15, 0.2) is 11.6 Å². The van der Waals surface area contributed by atoms with Gasteiger partial charge in [0.05, 0.1) is 30.9 Å². The normalized spacial score (nSPS) is 19.8. The Morgan fingerprint density at radius 2 is 2.10 bits per heavy atom. The van der Waals surface area contributed by atoms with E-state index in [-0.39, 0.29) is 41.4 Å². The van der Waals surface area contributed by atoms with Crippen molar-refractivity contribution in [2.24, 2.45) is 11.8 Å². The number of benzene rings is 1. The van der Waals surface area contributed by atoms with Gasteiger partial charge < -0.3 is 14.6 Å². The van der Waals surface area contributed by atoms with Crippen molar-refractivity contribution in [2.45, 2.75) is 19.8 Å². The lowest BCUT2D eigenvalue weighted by molar-refractivity contribution is -0.00370. The number of ether oxygens (including phenoxy) is 2. The Morgan fingerprint density at radius 3 is 2.79 bits per heavy atom. The van der Waals surface area contributed by atoms with Gasteiger partial charge in [0, 0.05) is 23.8 Å². The maximum absolute atomic E-state index is 14.5. The summed E-state index contributed by atoms with van der Waals surface area (Å²) in [6.07, 6.45) is 2.66. The third-order valence-electron chi connectivity index (χ3n) is 5.30. The summed E-state index contributed by atoms with van der Waals surface area (Å²) in [7, 11) is -3.01. The molecule has 2 heterocycles. The molecular formula is C21H26FNO5S. The van der Waals surface area contributed by atoms with Gasteiger partial charge in [-0.1, -0.05) is 6.92 Å². The molecule has 8 heteroatoms. The molecule has 29 heavy (non-hydrogen) atoms. The zero-order valence-electron chi connectivity index (χ0n) is 16.4. The van der Waals surface area contributed by atoms with E-state index >= 15 is 0 Å². The number of aromatic hydroxyl groups is 1. The Labute approximate surface area is 170 Å². The first-order valence-electron chi connectivity index (χ1n) is 9.74. The van der Waals surface area contributed by atoms with Crippen LogP contribution in [0.4, 0.5) is 4.39 Å². The Bertz CT molecular complexity index is 917. The smallest absolute Gasteiger partial charge is 0.165 e. The summed E-state index contributed by atoms with van der Waals surface area (Å²) < 4.78 is 49.4. The summed E-state index contributed by atoms with van der Waals surface area (Å²) in [5.74, 6) is 0.183. The summed E-state index contributed by atoms with van der Waals surface area (Å²) in [5, 5.41) is 9.31. The van der Waals surface area contributed by atoms with E-state index in [4.69, 9.17) is 9.47 Å². The molecule has 1 saturated heterocycles. The Kier molecular flexibility index (Phi) is 7.08. The van der Waals surface area contributed by atoms with Crippen LogP contribution in [-0.2, 0) is 14.6 Å². The zero-order chi connectivity index (χ0) is 20.9. The summed E-state index contributed by atoms with van der Waals surface area (Å²) in [6, 6.07) is 7.71. The molecule has 6 nitrogen and oxygen atoms in total. The SMILES string of the molecule is CCS(=O)(=O)CCC1CCOC[C@@H]1COc1ccc(-c2ccc(O)cn2)cc1F. The van der Waals surface area contributed by atoms with Crippen LogP contribution in [0.1, 0.15) is 19.8 Å². The largest absolute Gasteiger partial charge is 0.506 e. The third-order valence-corrected chi connectivity index (χ3v) is 7.04. The zero-order valence-corrected chi connectivity index (χ0v) is 17.2. The van der Waals surface area contributed by atoms with Gasteiger partial charge in [0.1, 0.15) is 15.6 Å². The molecule has 0 bridgehead atoms. The maximum atomic E-state index is 14.5. The van der Waals surface area contributed by atoms with Crippen LogP contribution in [0.2, 0.25) is 0 Å². The number of hydrogen-bond donors (Lipinski definition) is 1. The van der Waals surface area contributed by atoms with Crippen molar-refractivity contribution in [1.29, 1.82) is 0 Å². The van der Waals surface area contributed by atoms with E-state index in [1.807, 2.05) is 0 Å². The number of rotatable bonds is 8. The summed E-state index contributed by atoms with van der Waals surface area (Å²) in [4.78, 5) is 4.07. The molecule has 1 aromatic carbocycles. The number of sulfone groups is 1. The molecule has 0 radical (unpaired) electrons. The summed E-state index contributed by atoms with van der Waals surface area (Å²) >= 11 is 0. The van der Waals surface area contributed by atoms with Crippen molar-refractivity contribution in [1.82, 2.24) is 4.98 Å². The van der Waals surface area contributed by atoms with Gasteiger partial charge in [-0.15, -0.1) is 0 Å². The van der Waals surface area contributed by atoms with Crippen molar-refractivity contribution < 1.29 is 27.4 Å². The van der Waals surface area contributed by atoms with Crippen LogP contribution in [-0.4, -0.2) is 49.8 Å². The molecule has 2 aromatic rings. The minimum absolute atomic E-state index is 0.0219. The molecule has 0 saturated carbocycles. The maximum Gasteiger partial charge on any atom is 0.165 e. The molecule has 158 valence electrons. The van der Waals surface area contributed by atoms with Gasteiger partial charge in [-0.3, -0.25) is 4.98 Å². The molecule has 1 fully saturated rings. The first-order valence-corrected chi connectivity index (χ1v) is 11.6. The highest BCUT2D eigenvalue weighted by atomic mass is 32.2. The molecule has 1 unspecified atom stereocenters. The van der Waals surface area contributed by atoms with E-state index in [1.54, 1.807) is 25.1 Å². The van der Waals surface area contributed by atoms with Gasteiger partial charge >= 0.3 is 0 Å². The van der Waals surface area contributed by atoms with E-state index in [0.717, 1.165) is 6.42 Å². The lowest BCUT2D eigenvalue weighted by Gasteiger charge is -2.31. The van der Waals surface area contributed by atoms with Crippen molar-refractivity contribution in [3.05, 3.63) is 42.3 Å². The van der Waals surface area contributed by atoms with Crippen molar-refractivity contribution in [3.63, 3.8) is 0 Å². The van der Waals surface area contributed by atoms with E-state index < -0.39 is 15.7 Å². The standard InChI is InChI=1S/C21H26FNO5S/c1-2-29(25,26)10-8-15-7-9-27-13-17(15)14-28-21-6-3-16(11-19(21)22)20-5-4-18(24)12-23-20/h3-6,11-12,15,17,24H,2,7-10,13-14H2,1H3/t15?,17-/m1/s1. The minimum Gasteiger partial charge on any atom is -0.506 e. The van der Waals surface area contributed by atoms with Gasteiger partial charge in [0.25, 0.3) is 0 Å². The Hall–Kier alpha value is -2.19. The highest BCUT2D eigenvalue weighted by molar-refractivity contribution is 7.91. The average molecular weight is 424 g/mol. The average Bonchev–Trinajstić information content (AvgIpc) is 2.72. The number of halogens is 1. The molecule has 2 atom stereocenters. The Balaban J connectivity index is 1.62. The lowest BCUT2D eigenvalue weighted by Crippen LogP contribution is -2.33. The monoisotopic (exact) mass is 423 g/mol. The third kappa shape index (κ3) is 5.90. The van der Waals surface area contributed by atoms with Crippen LogP contribution < -0.4 is 4.74 Å². The molecule has 0 amide bonds. The number of nitrogens with zero attached hydrogens (tertiary/aromatic N) is 1. The van der Waals surface area contributed by atoms with Crippen LogP contribution >= 0.6 is 0 Å². The predicted molar refractivity (Wildman–Crippen MR) is 108 cm³/mol. The molecule has 1 aliphatic rings. The predicted octanol–water partition coefficient (Wildman–Crippen LogP) is 3.45. The van der Waals surface area contributed by atoms with Crippen molar-refractivity contribution in [2.75, 3.05) is 31.3 Å². The second kappa shape index (κ2) is 9.54. The first kappa shape index (κ1) is 21.5. The number of hydrogen-bond acceptors (Lipinski definition) is 6. The fourth-order valence-electron chi connectivity index (χ4n) is 3.41. The van der Waals surface area contributed by atoms with Gasteiger partial charge in [-0.2, -0.15) is 0 Å². The molecule has 0 aliphatic carbocycles. The first-order chi connectivity index (χ1) is 13.9. The van der Waals surface area contributed by atoms with Crippen LogP contribution in [0, 0.1) is 17.7 Å². The van der Waals surface area contributed by atoms with Crippen molar-refractivity contribution in [3.8, 4) is 22.8 Å². The molecule has 3 rings (SSSR count). The van der Waals surface area contributed by atoms with E-state index in [1.165, 1.54) is 18.3 Å². The van der Waals surface area contributed by atoms with E-state index in [2.05, 4.69) is 4.98 Å². The fourth-order valence-corrected chi connectivity index (χ4v) is 4.36. The number of aromatic nitrogens is 1. The quantitative estimate of drug-likeness (QED) is 0.700. The number of pyridine rings is 1. The fraction of sp³-hybridized carbons (Fsp3) is 0.476. The van der Waals surface area contributed by atoms with Gasteiger partial charge in [-0.05, 0) is 49.1 Å². The van der Waals surface area contributed by atoms with Crippen LogP contribution in [0.25, 0.3) is 11.3 Å². The molecule has 1 aliphatic heterocycles. The molecular weight excluding hydrogens is 397 g/mol. The van der Waals surface area contributed by atoms with Crippen LogP contribution in [0.3, 0.4) is 0 Å². The van der Waals surface area contributed by atoms with Gasteiger partial charge in [0.2, 0.25) is 0 Å². The highest BCUT2D eigenvalue weighted by Gasteiger charge is 2.28. The van der Waals surface area contributed by atoms with Crippen LogP contribution in [0.5, 0.6) is 11.5 Å². The Morgan fingerprint density at radius 1 is 1.28 bits per heavy atom. The van der Waals surface area contributed by atoms with E-state index in [9.17, 15) is 17.9 Å². The molecule has 0 spiro atoms. The molecule has 1 aromatic heterocycles. The summed E-state index contributed by atoms with van der Waals surface area (Å²) in [6.45, 7) is 3.01. The summed E-state index contributed by atoms with van der Waals surface area (Å²) in [5.41, 5.74) is 1.13. The van der Waals surface area contributed by atoms with Gasteiger partial charge in [-0.25, -0.2) is 12.8 Å². The minimum atomic E-state index is -3.01. The second-order valence-electron chi connectivity index (χ2n) is 7.27. The lowest BCUT2D eigenvalue weighted by atomic mass is 9.87. The topological polar surface area (TPSA) is 85.7 Å². The second-order valence-corrected chi connectivity index (χ2v) is 9.74. The van der Waals surface area contributed by atoms with Crippen molar-refractivity contribution >= 4 is 9.84 Å². The van der Waals surface area contributed by atoms with Crippen LogP contribution in [0.15, 0.2) is 36.5 Å². The van der Waals surface area contributed by atoms with E-state index in [0.29, 0.717) is 30.9 Å². The highest BCUT2D eigenvalue weighted by Crippen LogP contribution is 2.29. The molecule has 1 N–H and O–H groups in total.